The zero-order chi connectivity index (χ0) is 21.3. The van der Waals surface area contributed by atoms with Gasteiger partial charge in [0.2, 0.25) is 0 Å². The molecule has 1 aromatic heterocycles. The van der Waals surface area contributed by atoms with E-state index in [0.29, 0.717) is 16.3 Å². The van der Waals surface area contributed by atoms with E-state index >= 15 is 0 Å². The molecule has 0 fully saturated rings. The third-order valence-corrected chi connectivity index (χ3v) is 6.36. The molecule has 7 nitrogen and oxygen atoms in total. The zero-order valence-electron chi connectivity index (χ0n) is 16.4. The largest absolute Gasteiger partial charge is 0.760 e. The van der Waals surface area contributed by atoms with Gasteiger partial charge in [0.15, 0.2) is 0 Å². The standard InChI is InChI=1S/C21H20N4O3S2/c1-12(2)28-19-9-6-13(10-14(19)11-22)20-23-24-21(29-20)17-5-3-4-16-15(17)7-8-18(16)25-30(26)27/h3-6,9-10,12,18,25H,7-8H2,1-2H3,(H,26,27)/p-1. The van der Waals surface area contributed by atoms with Crippen LogP contribution in [0, 0.1) is 11.3 Å². The van der Waals surface area contributed by atoms with Crippen LogP contribution in [0.4, 0.5) is 0 Å². The second kappa shape index (κ2) is 8.62. The van der Waals surface area contributed by atoms with Gasteiger partial charge < -0.3 is 9.29 Å². The molecule has 1 aliphatic carbocycles. The van der Waals surface area contributed by atoms with Crippen LogP contribution in [-0.2, 0) is 17.7 Å². The Morgan fingerprint density at radius 2 is 2.10 bits per heavy atom. The number of hydrogen-bond acceptors (Lipinski definition) is 7. The lowest BCUT2D eigenvalue weighted by atomic mass is 10.0. The van der Waals surface area contributed by atoms with Gasteiger partial charge in [-0.05, 0) is 56.0 Å². The molecular formula is C21H19N4O3S2-. The van der Waals surface area contributed by atoms with E-state index in [0.717, 1.165) is 40.1 Å². The number of rotatable bonds is 6. The minimum absolute atomic E-state index is 0.0198. The molecule has 1 heterocycles. The molecule has 2 aromatic carbocycles. The first-order valence-corrected chi connectivity index (χ1v) is 11.4. The monoisotopic (exact) mass is 439 g/mol. The molecule has 2 unspecified atom stereocenters. The fourth-order valence-corrected chi connectivity index (χ4v) is 5.02. The summed E-state index contributed by atoms with van der Waals surface area (Å²) < 4.78 is 30.4. The summed E-state index contributed by atoms with van der Waals surface area (Å²) in [5, 5.41) is 19.6. The first-order chi connectivity index (χ1) is 14.5. The minimum atomic E-state index is -2.31. The van der Waals surface area contributed by atoms with Crippen molar-refractivity contribution >= 4 is 22.6 Å². The molecule has 0 radical (unpaired) electrons. The maximum atomic E-state index is 11.1. The Kier molecular flexibility index (Phi) is 5.92. The van der Waals surface area contributed by atoms with Gasteiger partial charge in [-0.2, -0.15) is 5.26 Å². The van der Waals surface area contributed by atoms with Gasteiger partial charge in [0.1, 0.15) is 21.8 Å². The van der Waals surface area contributed by atoms with Crippen LogP contribution >= 0.6 is 11.3 Å². The molecule has 9 heteroatoms. The first-order valence-electron chi connectivity index (χ1n) is 9.48. The molecule has 0 aliphatic heterocycles. The third kappa shape index (κ3) is 4.13. The van der Waals surface area contributed by atoms with E-state index in [1.54, 1.807) is 12.1 Å². The van der Waals surface area contributed by atoms with Crippen molar-refractivity contribution in [1.82, 2.24) is 14.9 Å². The summed E-state index contributed by atoms with van der Waals surface area (Å²) in [5.74, 6) is 0.552. The lowest BCUT2D eigenvalue weighted by Gasteiger charge is -2.15. The van der Waals surface area contributed by atoms with Crippen LogP contribution < -0.4 is 9.46 Å². The highest BCUT2D eigenvalue weighted by Crippen LogP contribution is 2.40. The van der Waals surface area contributed by atoms with E-state index in [-0.39, 0.29) is 12.1 Å². The number of fused-ring (bicyclic) bond motifs is 1. The fraction of sp³-hybridized carbons (Fsp3) is 0.286. The number of nitrogens with zero attached hydrogens (tertiary/aromatic N) is 3. The molecule has 0 bridgehead atoms. The highest BCUT2D eigenvalue weighted by atomic mass is 32.2. The lowest BCUT2D eigenvalue weighted by molar-refractivity contribution is 0.242. The second-order valence-corrected chi connectivity index (χ2v) is 8.90. The predicted molar refractivity (Wildman–Crippen MR) is 114 cm³/mol. The van der Waals surface area contributed by atoms with E-state index in [1.807, 2.05) is 38.1 Å². The number of ether oxygens (including phenoxy) is 1. The summed E-state index contributed by atoms with van der Waals surface area (Å²) in [6.07, 6.45) is 1.47. The van der Waals surface area contributed by atoms with Crippen LogP contribution in [0.5, 0.6) is 5.75 Å². The smallest absolute Gasteiger partial charge is 0.148 e. The molecule has 1 N–H and O–H groups in total. The SMILES string of the molecule is CC(C)Oc1ccc(-c2nnc(-c3cccc4c3CCC4NS(=O)[O-])s2)cc1C#N. The van der Waals surface area contributed by atoms with Crippen molar-refractivity contribution in [2.75, 3.05) is 0 Å². The van der Waals surface area contributed by atoms with E-state index < -0.39 is 11.3 Å². The van der Waals surface area contributed by atoms with Crippen LogP contribution in [-0.4, -0.2) is 25.1 Å². The number of hydrogen-bond donors (Lipinski definition) is 1. The summed E-state index contributed by atoms with van der Waals surface area (Å²) in [6, 6.07) is 13.2. The van der Waals surface area contributed by atoms with Crippen molar-refractivity contribution in [3.8, 4) is 33.0 Å². The molecule has 3 aromatic rings. The first kappa shape index (κ1) is 20.6. The highest BCUT2D eigenvalue weighted by molar-refractivity contribution is 7.77. The number of benzene rings is 2. The second-order valence-electron chi connectivity index (χ2n) is 7.22. The predicted octanol–water partition coefficient (Wildman–Crippen LogP) is 3.90. The van der Waals surface area contributed by atoms with Gasteiger partial charge in [0, 0.05) is 28.4 Å². The van der Waals surface area contributed by atoms with Gasteiger partial charge >= 0.3 is 0 Å². The summed E-state index contributed by atoms with van der Waals surface area (Å²) in [5.41, 5.74) is 4.31. The Bertz CT molecular complexity index is 1150. The van der Waals surface area contributed by atoms with Crippen molar-refractivity contribution in [3.05, 3.63) is 53.1 Å². The number of nitriles is 1. The molecule has 1 aliphatic rings. The number of nitrogens with one attached hydrogen (secondary N) is 1. The molecule has 0 saturated carbocycles. The van der Waals surface area contributed by atoms with Gasteiger partial charge in [0.25, 0.3) is 0 Å². The Hall–Kier alpha value is -2.64. The van der Waals surface area contributed by atoms with E-state index in [4.69, 9.17) is 4.74 Å². The van der Waals surface area contributed by atoms with Crippen molar-refractivity contribution in [1.29, 1.82) is 5.26 Å². The number of aromatic nitrogens is 2. The van der Waals surface area contributed by atoms with E-state index in [2.05, 4.69) is 21.0 Å². The zero-order valence-corrected chi connectivity index (χ0v) is 18.0. The Morgan fingerprint density at radius 3 is 2.83 bits per heavy atom. The van der Waals surface area contributed by atoms with Crippen LogP contribution in [0.25, 0.3) is 21.1 Å². The van der Waals surface area contributed by atoms with Gasteiger partial charge in [-0.1, -0.05) is 29.5 Å². The Morgan fingerprint density at radius 1 is 1.30 bits per heavy atom. The minimum Gasteiger partial charge on any atom is -0.760 e. The average molecular weight is 440 g/mol. The van der Waals surface area contributed by atoms with Gasteiger partial charge in [0.05, 0.1) is 11.7 Å². The van der Waals surface area contributed by atoms with Gasteiger partial charge in [-0.3, -0.25) is 4.21 Å². The van der Waals surface area contributed by atoms with Crippen molar-refractivity contribution < 1.29 is 13.5 Å². The summed E-state index contributed by atoms with van der Waals surface area (Å²) in [7, 11) is 0. The summed E-state index contributed by atoms with van der Waals surface area (Å²) in [6.45, 7) is 3.83. The average Bonchev–Trinajstić information content (AvgIpc) is 3.35. The van der Waals surface area contributed by atoms with Crippen molar-refractivity contribution in [3.63, 3.8) is 0 Å². The van der Waals surface area contributed by atoms with Crippen LogP contribution in [0.3, 0.4) is 0 Å². The van der Waals surface area contributed by atoms with Gasteiger partial charge in [-0.15, -0.1) is 10.2 Å². The maximum absolute atomic E-state index is 11.1. The van der Waals surface area contributed by atoms with Crippen LogP contribution in [0.2, 0.25) is 0 Å². The summed E-state index contributed by atoms with van der Waals surface area (Å²) >= 11 is -0.861. The molecular weight excluding hydrogens is 420 g/mol. The summed E-state index contributed by atoms with van der Waals surface area (Å²) in [4.78, 5) is 0. The molecule has 0 spiro atoms. The molecule has 4 rings (SSSR count). The van der Waals surface area contributed by atoms with Crippen molar-refractivity contribution in [2.45, 2.75) is 38.8 Å². The molecule has 30 heavy (non-hydrogen) atoms. The van der Waals surface area contributed by atoms with Gasteiger partial charge in [-0.25, -0.2) is 4.72 Å². The lowest BCUT2D eigenvalue weighted by Crippen LogP contribution is -2.21. The Labute approximate surface area is 181 Å². The topological polar surface area (TPSA) is 111 Å². The quantitative estimate of drug-likeness (QED) is 0.583. The van der Waals surface area contributed by atoms with E-state index in [1.165, 1.54) is 11.3 Å². The van der Waals surface area contributed by atoms with Crippen LogP contribution in [0.15, 0.2) is 36.4 Å². The van der Waals surface area contributed by atoms with Crippen LogP contribution in [0.1, 0.15) is 43.0 Å². The molecule has 2 atom stereocenters. The normalized spacial score (nSPS) is 16.3. The molecule has 0 amide bonds. The van der Waals surface area contributed by atoms with Crippen molar-refractivity contribution in [2.24, 2.45) is 0 Å². The highest BCUT2D eigenvalue weighted by Gasteiger charge is 2.26. The molecule has 154 valence electrons. The maximum Gasteiger partial charge on any atom is 0.148 e. The Balaban J connectivity index is 1.66. The van der Waals surface area contributed by atoms with E-state index in [9.17, 15) is 14.0 Å². The third-order valence-electron chi connectivity index (χ3n) is 4.87. The fourth-order valence-electron chi connectivity index (χ4n) is 3.65. The molecule has 0 saturated heterocycles.